The molecule has 0 atom stereocenters. The molecule has 0 aliphatic heterocycles. The topological polar surface area (TPSA) is 57.3 Å². The van der Waals surface area contributed by atoms with Gasteiger partial charge in [-0.1, -0.05) is 30.0 Å². The molecule has 0 saturated heterocycles. The van der Waals surface area contributed by atoms with Crippen LogP contribution in [0.25, 0.3) is 22.1 Å². The fraction of sp³-hybridized carbons (Fsp3) is 0.250. The normalized spacial score (nSPS) is 11.3. The van der Waals surface area contributed by atoms with Crippen LogP contribution in [0, 0.1) is 0 Å². The van der Waals surface area contributed by atoms with Crippen LogP contribution in [0.15, 0.2) is 51.3 Å². The molecule has 0 saturated carbocycles. The quantitative estimate of drug-likeness (QED) is 0.303. The van der Waals surface area contributed by atoms with Crippen LogP contribution in [0.5, 0.6) is 0 Å². The molecular formula is C16H16N2O3S. The number of aromatic nitrogens is 2. The first-order valence-electron chi connectivity index (χ1n) is 6.91. The van der Waals surface area contributed by atoms with E-state index in [4.69, 9.17) is 9.15 Å². The average molecular weight is 316 g/mol. The molecule has 22 heavy (non-hydrogen) atoms. The Kier molecular flexibility index (Phi) is 4.31. The van der Waals surface area contributed by atoms with Crippen molar-refractivity contribution in [1.29, 1.82) is 0 Å². The first-order chi connectivity index (χ1) is 10.8. The summed E-state index contributed by atoms with van der Waals surface area (Å²) in [7, 11) is 1.65. The highest BCUT2D eigenvalue weighted by Gasteiger charge is 2.16. The molecule has 2 aromatic heterocycles. The lowest BCUT2D eigenvalue weighted by Gasteiger charge is -2.09. The predicted molar refractivity (Wildman–Crippen MR) is 88.6 cm³/mol. The Morgan fingerprint density at radius 2 is 2.27 bits per heavy atom. The van der Waals surface area contributed by atoms with Gasteiger partial charge in [-0.3, -0.25) is 9.36 Å². The summed E-state index contributed by atoms with van der Waals surface area (Å²) < 4.78 is 12.3. The van der Waals surface area contributed by atoms with Gasteiger partial charge < -0.3 is 9.15 Å². The van der Waals surface area contributed by atoms with Crippen LogP contribution in [0.4, 0.5) is 0 Å². The van der Waals surface area contributed by atoms with E-state index in [1.165, 1.54) is 11.8 Å². The summed E-state index contributed by atoms with van der Waals surface area (Å²) in [5.74, 6) is 0.724. The van der Waals surface area contributed by atoms with Crippen molar-refractivity contribution in [1.82, 2.24) is 9.55 Å². The molecular weight excluding hydrogens is 300 g/mol. The number of fused-ring (bicyclic) bond motifs is 3. The molecule has 0 spiro atoms. The number of allylic oxidation sites excluding steroid dienone is 1. The van der Waals surface area contributed by atoms with Crippen LogP contribution >= 0.6 is 11.8 Å². The van der Waals surface area contributed by atoms with E-state index in [1.807, 2.05) is 24.3 Å². The summed E-state index contributed by atoms with van der Waals surface area (Å²) in [4.78, 5) is 17.3. The van der Waals surface area contributed by atoms with E-state index in [0.717, 1.165) is 11.1 Å². The van der Waals surface area contributed by atoms with E-state index >= 15 is 0 Å². The van der Waals surface area contributed by atoms with Crippen molar-refractivity contribution in [2.24, 2.45) is 0 Å². The molecule has 0 unspecified atom stereocenters. The molecule has 5 nitrogen and oxygen atoms in total. The van der Waals surface area contributed by atoms with Crippen molar-refractivity contribution in [2.45, 2.75) is 11.7 Å². The van der Waals surface area contributed by atoms with Crippen molar-refractivity contribution >= 4 is 33.8 Å². The highest BCUT2D eigenvalue weighted by atomic mass is 32.2. The van der Waals surface area contributed by atoms with Gasteiger partial charge in [0.15, 0.2) is 5.16 Å². The lowest BCUT2D eigenvalue weighted by Crippen LogP contribution is -2.22. The maximum atomic E-state index is 12.7. The fourth-order valence-electron chi connectivity index (χ4n) is 2.27. The van der Waals surface area contributed by atoms with Gasteiger partial charge in [0.2, 0.25) is 5.58 Å². The second-order valence-electron chi connectivity index (χ2n) is 4.72. The molecule has 0 radical (unpaired) electrons. The molecule has 6 heteroatoms. The molecule has 114 valence electrons. The summed E-state index contributed by atoms with van der Waals surface area (Å²) in [5.41, 5.74) is 1.40. The van der Waals surface area contributed by atoms with Crippen LogP contribution in [-0.2, 0) is 11.3 Å². The Morgan fingerprint density at radius 1 is 1.45 bits per heavy atom. The number of thioether (sulfide) groups is 1. The minimum Gasteiger partial charge on any atom is -0.448 e. The standard InChI is InChI=1S/C16H16N2O3S/c1-3-8-18-15(19)14-13(17-16(18)22-10-9-20-2)11-6-4-5-7-12(11)21-14/h3-7H,1,8-10H2,2H3. The van der Waals surface area contributed by atoms with Gasteiger partial charge in [0, 0.05) is 24.8 Å². The zero-order chi connectivity index (χ0) is 15.5. The van der Waals surface area contributed by atoms with Crippen LogP contribution < -0.4 is 5.56 Å². The Hall–Kier alpha value is -2.05. The van der Waals surface area contributed by atoms with E-state index < -0.39 is 0 Å². The number of hydrogen-bond donors (Lipinski definition) is 0. The summed E-state index contributed by atoms with van der Waals surface area (Å²) in [6.45, 7) is 4.70. The van der Waals surface area contributed by atoms with Gasteiger partial charge in [0.05, 0.1) is 6.61 Å². The first-order valence-corrected chi connectivity index (χ1v) is 7.89. The third-order valence-electron chi connectivity index (χ3n) is 3.28. The van der Waals surface area contributed by atoms with Gasteiger partial charge >= 0.3 is 0 Å². The average Bonchev–Trinajstić information content (AvgIpc) is 2.90. The molecule has 3 rings (SSSR count). The van der Waals surface area contributed by atoms with E-state index in [0.29, 0.717) is 35.0 Å². The number of hydrogen-bond acceptors (Lipinski definition) is 5. The highest BCUT2D eigenvalue weighted by Crippen LogP contribution is 2.27. The maximum absolute atomic E-state index is 12.7. The molecule has 1 aromatic carbocycles. The van der Waals surface area contributed by atoms with Crippen molar-refractivity contribution in [3.8, 4) is 0 Å². The number of ether oxygens (including phenoxy) is 1. The summed E-state index contributed by atoms with van der Waals surface area (Å²) >= 11 is 1.49. The van der Waals surface area contributed by atoms with E-state index in [2.05, 4.69) is 11.6 Å². The first kappa shape index (κ1) is 14.9. The van der Waals surface area contributed by atoms with Gasteiger partial charge in [-0.2, -0.15) is 0 Å². The Balaban J connectivity index is 2.22. The van der Waals surface area contributed by atoms with E-state index in [1.54, 1.807) is 17.8 Å². The minimum absolute atomic E-state index is 0.180. The number of rotatable bonds is 6. The van der Waals surface area contributed by atoms with Crippen molar-refractivity contribution in [3.63, 3.8) is 0 Å². The maximum Gasteiger partial charge on any atom is 0.298 e. The van der Waals surface area contributed by atoms with Gasteiger partial charge in [-0.15, -0.1) is 6.58 Å². The van der Waals surface area contributed by atoms with Crippen molar-refractivity contribution in [2.75, 3.05) is 19.5 Å². The van der Waals surface area contributed by atoms with Gasteiger partial charge in [0.1, 0.15) is 11.1 Å². The number of furan rings is 1. The van der Waals surface area contributed by atoms with Gasteiger partial charge in [-0.25, -0.2) is 4.98 Å². The zero-order valence-corrected chi connectivity index (χ0v) is 13.1. The number of methoxy groups -OCH3 is 1. The van der Waals surface area contributed by atoms with Crippen LogP contribution in [0.2, 0.25) is 0 Å². The third kappa shape index (κ3) is 2.55. The van der Waals surface area contributed by atoms with Gasteiger partial charge in [0.25, 0.3) is 5.56 Å². The molecule has 3 aromatic rings. The SMILES string of the molecule is C=CCn1c(SCCOC)nc2c(oc3ccccc32)c1=O. The fourth-order valence-corrected chi connectivity index (χ4v) is 3.17. The third-order valence-corrected chi connectivity index (χ3v) is 4.22. The molecule has 0 bridgehead atoms. The van der Waals surface area contributed by atoms with Crippen molar-refractivity contribution in [3.05, 3.63) is 47.3 Å². The number of benzene rings is 1. The number of para-hydroxylation sites is 1. The Morgan fingerprint density at radius 3 is 3.05 bits per heavy atom. The number of nitrogens with zero attached hydrogens (tertiary/aromatic N) is 2. The molecule has 0 aliphatic carbocycles. The molecule has 2 heterocycles. The Bertz CT molecular complexity index is 882. The lowest BCUT2D eigenvalue weighted by molar-refractivity contribution is 0.218. The van der Waals surface area contributed by atoms with Crippen LogP contribution in [0.1, 0.15) is 0 Å². The summed E-state index contributed by atoms with van der Waals surface area (Å²) in [5, 5.41) is 1.51. The minimum atomic E-state index is -0.180. The summed E-state index contributed by atoms with van der Waals surface area (Å²) in [6.07, 6.45) is 1.68. The second kappa shape index (κ2) is 6.37. The molecule has 0 amide bonds. The zero-order valence-electron chi connectivity index (χ0n) is 12.2. The van der Waals surface area contributed by atoms with E-state index in [9.17, 15) is 4.79 Å². The predicted octanol–water partition coefficient (Wildman–Crippen LogP) is 3.07. The highest BCUT2D eigenvalue weighted by molar-refractivity contribution is 7.99. The van der Waals surface area contributed by atoms with Crippen LogP contribution in [0.3, 0.4) is 0 Å². The monoisotopic (exact) mass is 316 g/mol. The Labute approximate surface area is 131 Å². The lowest BCUT2D eigenvalue weighted by atomic mass is 10.2. The van der Waals surface area contributed by atoms with Gasteiger partial charge in [-0.05, 0) is 12.1 Å². The molecule has 0 aliphatic rings. The molecule has 0 N–H and O–H groups in total. The molecule has 0 fully saturated rings. The van der Waals surface area contributed by atoms with Crippen molar-refractivity contribution < 1.29 is 9.15 Å². The smallest absolute Gasteiger partial charge is 0.298 e. The van der Waals surface area contributed by atoms with Crippen LogP contribution in [-0.4, -0.2) is 29.0 Å². The summed E-state index contributed by atoms with van der Waals surface area (Å²) in [6, 6.07) is 7.54. The largest absolute Gasteiger partial charge is 0.448 e. The van der Waals surface area contributed by atoms with E-state index in [-0.39, 0.29) is 5.56 Å². The second-order valence-corrected chi connectivity index (χ2v) is 5.78.